The van der Waals surface area contributed by atoms with Crippen molar-refractivity contribution in [1.29, 1.82) is 0 Å². The van der Waals surface area contributed by atoms with Crippen LogP contribution in [0.2, 0.25) is 0 Å². The average molecular weight is 418 g/mol. The molecule has 4 rings (SSSR count). The van der Waals surface area contributed by atoms with E-state index in [1.54, 1.807) is 0 Å². The zero-order valence-corrected chi connectivity index (χ0v) is 17.6. The van der Waals surface area contributed by atoms with Gasteiger partial charge in [0.15, 0.2) is 11.5 Å². The lowest BCUT2D eigenvalue weighted by atomic mass is 10.1. The number of ether oxygens (including phenoxy) is 2. The predicted molar refractivity (Wildman–Crippen MR) is 121 cm³/mol. The van der Waals surface area contributed by atoms with Crippen LogP contribution in [0.3, 0.4) is 0 Å². The second-order valence-electron chi connectivity index (χ2n) is 7.73. The SMILES string of the molecule is CC(=O)Nc1ccc(CN(Cc2ccc(CN)cc2)Cc2ccc3c(c2)OCO3)cc1. The molecule has 1 aliphatic heterocycles. The summed E-state index contributed by atoms with van der Waals surface area (Å²) >= 11 is 0. The van der Waals surface area contributed by atoms with Crippen molar-refractivity contribution < 1.29 is 14.3 Å². The molecule has 0 aliphatic carbocycles. The lowest BCUT2D eigenvalue weighted by Crippen LogP contribution is -2.22. The van der Waals surface area contributed by atoms with Crippen molar-refractivity contribution in [2.24, 2.45) is 5.73 Å². The highest BCUT2D eigenvalue weighted by Crippen LogP contribution is 2.33. The van der Waals surface area contributed by atoms with Gasteiger partial charge in [0.25, 0.3) is 0 Å². The first-order valence-corrected chi connectivity index (χ1v) is 10.3. The quantitative estimate of drug-likeness (QED) is 0.579. The molecule has 1 amide bonds. The fourth-order valence-corrected chi connectivity index (χ4v) is 3.66. The molecular formula is C25H27N3O3. The number of fused-ring (bicyclic) bond motifs is 1. The van der Waals surface area contributed by atoms with E-state index in [1.807, 2.05) is 24.3 Å². The third kappa shape index (κ3) is 5.63. The van der Waals surface area contributed by atoms with Crippen LogP contribution in [0, 0.1) is 0 Å². The van der Waals surface area contributed by atoms with E-state index < -0.39 is 0 Å². The maximum Gasteiger partial charge on any atom is 0.231 e. The summed E-state index contributed by atoms with van der Waals surface area (Å²) in [6.07, 6.45) is 0. The number of nitrogens with one attached hydrogen (secondary N) is 1. The minimum Gasteiger partial charge on any atom is -0.454 e. The van der Waals surface area contributed by atoms with Gasteiger partial charge in [-0.25, -0.2) is 0 Å². The molecule has 0 saturated heterocycles. The van der Waals surface area contributed by atoms with Gasteiger partial charge >= 0.3 is 0 Å². The smallest absolute Gasteiger partial charge is 0.231 e. The molecule has 160 valence electrons. The van der Waals surface area contributed by atoms with Crippen LogP contribution in [-0.4, -0.2) is 17.6 Å². The number of benzene rings is 3. The van der Waals surface area contributed by atoms with Gasteiger partial charge in [-0.05, 0) is 46.5 Å². The van der Waals surface area contributed by atoms with Gasteiger partial charge < -0.3 is 20.5 Å². The van der Waals surface area contributed by atoms with E-state index in [0.717, 1.165) is 47.9 Å². The van der Waals surface area contributed by atoms with Crippen molar-refractivity contribution >= 4 is 11.6 Å². The first-order chi connectivity index (χ1) is 15.1. The van der Waals surface area contributed by atoms with Crippen molar-refractivity contribution in [2.75, 3.05) is 12.1 Å². The largest absolute Gasteiger partial charge is 0.454 e. The molecule has 0 fully saturated rings. The summed E-state index contributed by atoms with van der Waals surface area (Å²) in [4.78, 5) is 13.6. The van der Waals surface area contributed by atoms with E-state index in [9.17, 15) is 4.79 Å². The van der Waals surface area contributed by atoms with Gasteiger partial charge in [0.2, 0.25) is 12.7 Å². The highest BCUT2D eigenvalue weighted by atomic mass is 16.7. The molecule has 0 saturated carbocycles. The molecule has 6 heteroatoms. The van der Waals surface area contributed by atoms with Gasteiger partial charge in [0, 0.05) is 38.8 Å². The number of hydrogen-bond donors (Lipinski definition) is 2. The molecule has 3 aromatic rings. The molecule has 0 spiro atoms. The molecule has 3 N–H and O–H groups in total. The van der Waals surface area contributed by atoms with E-state index in [1.165, 1.54) is 18.1 Å². The number of carbonyl (C=O) groups is 1. The topological polar surface area (TPSA) is 76.8 Å². The summed E-state index contributed by atoms with van der Waals surface area (Å²) in [6, 6.07) is 22.5. The molecule has 0 atom stereocenters. The summed E-state index contributed by atoms with van der Waals surface area (Å²) in [6.45, 7) is 4.67. The molecular weight excluding hydrogens is 390 g/mol. The van der Waals surface area contributed by atoms with Crippen LogP contribution in [0.5, 0.6) is 11.5 Å². The zero-order chi connectivity index (χ0) is 21.6. The Morgan fingerprint density at radius 3 is 2.03 bits per heavy atom. The van der Waals surface area contributed by atoms with Gasteiger partial charge in [-0.3, -0.25) is 9.69 Å². The van der Waals surface area contributed by atoms with Crippen molar-refractivity contribution in [3.8, 4) is 11.5 Å². The van der Waals surface area contributed by atoms with Crippen LogP contribution in [0.25, 0.3) is 0 Å². The summed E-state index contributed by atoms with van der Waals surface area (Å²) < 4.78 is 11.0. The Labute approximate surface area is 182 Å². The van der Waals surface area contributed by atoms with E-state index in [0.29, 0.717) is 6.54 Å². The predicted octanol–water partition coefficient (Wildman–Crippen LogP) is 4.03. The standard InChI is InChI=1S/C25H27N3O3/c1-18(29)27-23-9-6-21(7-10-23)15-28(14-20-4-2-19(13-26)3-5-20)16-22-8-11-24-25(12-22)31-17-30-24/h2-12H,13-17,26H2,1H3,(H,27,29). The average Bonchev–Trinajstić information content (AvgIpc) is 3.23. The van der Waals surface area contributed by atoms with E-state index in [4.69, 9.17) is 15.2 Å². The molecule has 6 nitrogen and oxygen atoms in total. The molecule has 31 heavy (non-hydrogen) atoms. The normalized spacial score (nSPS) is 12.2. The Balaban J connectivity index is 1.51. The number of anilines is 1. The van der Waals surface area contributed by atoms with Gasteiger partial charge in [-0.15, -0.1) is 0 Å². The Morgan fingerprint density at radius 2 is 1.39 bits per heavy atom. The van der Waals surface area contributed by atoms with Crippen LogP contribution >= 0.6 is 0 Å². The Bertz CT molecular complexity index is 1030. The Morgan fingerprint density at radius 1 is 0.839 bits per heavy atom. The molecule has 0 aromatic heterocycles. The number of nitrogens with two attached hydrogens (primary N) is 1. The molecule has 0 bridgehead atoms. The van der Waals surface area contributed by atoms with Crippen LogP contribution in [0.15, 0.2) is 66.7 Å². The summed E-state index contributed by atoms with van der Waals surface area (Å²) in [5.74, 6) is 1.52. The maximum atomic E-state index is 11.3. The van der Waals surface area contributed by atoms with Gasteiger partial charge in [0.05, 0.1) is 0 Å². The highest BCUT2D eigenvalue weighted by Gasteiger charge is 2.15. The summed E-state index contributed by atoms with van der Waals surface area (Å²) in [7, 11) is 0. The number of amides is 1. The summed E-state index contributed by atoms with van der Waals surface area (Å²) in [5.41, 5.74) is 11.2. The number of hydrogen-bond acceptors (Lipinski definition) is 5. The van der Waals surface area contributed by atoms with Gasteiger partial charge in [-0.1, -0.05) is 42.5 Å². The van der Waals surface area contributed by atoms with Crippen molar-refractivity contribution in [1.82, 2.24) is 4.90 Å². The number of rotatable bonds is 8. The number of nitrogens with zero attached hydrogens (tertiary/aromatic N) is 1. The van der Waals surface area contributed by atoms with Gasteiger partial charge in [0.1, 0.15) is 0 Å². The van der Waals surface area contributed by atoms with E-state index >= 15 is 0 Å². The minimum atomic E-state index is -0.0712. The monoisotopic (exact) mass is 417 g/mol. The van der Waals surface area contributed by atoms with E-state index in [2.05, 4.69) is 52.7 Å². The fourth-order valence-electron chi connectivity index (χ4n) is 3.66. The molecule has 3 aromatic carbocycles. The Kier molecular flexibility index (Phi) is 6.50. The zero-order valence-electron chi connectivity index (χ0n) is 17.6. The molecule has 1 heterocycles. The summed E-state index contributed by atoms with van der Waals surface area (Å²) in [5, 5.41) is 2.81. The first kappa shape index (κ1) is 20.9. The van der Waals surface area contributed by atoms with Crippen molar-refractivity contribution in [3.63, 3.8) is 0 Å². The Hall–Kier alpha value is -3.35. The van der Waals surface area contributed by atoms with E-state index in [-0.39, 0.29) is 12.7 Å². The molecule has 0 radical (unpaired) electrons. The van der Waals surface area contributed by atoms with Crippen LogP contribution in [-0.2, 0) is 31.0 Å². The third-order valence-electron chi connectivity index (χ3n) is 5.19. The second kappa shape index (κ2) is 9.64. The maximum absolute atomic E-state index is 11.3. The molecule has 1 aliphatic rings. The van der Waals surface area contributed by atoms with Crippen molar-refractivity contribution in [3.05, 3.63) is 89.0 Å². The second-order valence-corrected chi connectivity index (χ2v) is 7.73. The molecule has 0 unspecified atom stereocenters. The van der Waals surface area contributed by atoms with Crippen LogP contribution < -0.4 is 20.5 Å². The lowest BCUT2D eigenvalue weighted by molar-refractivity contribution is -0.114. The number of carbonyl (C=O) groups excluding carboxylic acids is 1. The first-order valence-electron chi connectivity index (χ1n) is 10.3. The lowest BCUT2D eigenvalue weighted by Gasteiger charge is -2.23. The van der Waals surface area contributed by atoms with Crippen LogP contribution in [0.4, 0.5) is 5.69 Å². The van der Waals surface area contributed by atoms with Crippen LogP contribution in [0.1, 0.15) is 29.2 Å². The minimum absolute atomic E-state index is 0.0712. The van der Waals surface area contributed by atoms with Gasteiger partial charge in [-0.2, -0.15) is 0 Å². The van der Waals surface area contributed by atoms with Crippen molar-refractivity contribution in [2.45, 2.75) is 33.1 Å². The fraction of sp³-hybridized carbons (Fsp3) is 0.240. The third-order valence-corrected chi connectivity index (χ3v) is 5.19. The highest BCUT2D eigenvalue weighted by molar-refractivity contribution is 5.88.